The highest BCUT2D eigenvalue weighted by molar-refractivity contribution is 5.75. The number of hydrogen-bond donors (Lipinski definition) is 2. The van der Waals surface area contributed by atoms with Crippen molar-refractivity contribution in [1.82, 2.24) is 10.6 Å². The van der Waals surface area contributed by atoms with Crippen LogP contribution in [0.15, 0.2) is 30.3 Å². The van der Waals surface area contributed by atoms with Crippen molar-refractivity contribution < 1.29 is 4.79 Å². The van der Waals surface area contributed by atoms with Crippen molar-refractivity contribution in [2.75, 3.05) is 13.1 Å². The van der Waals surface area contributed by atoms with E-state index in [4.69, 9.17) is 0 Å². The zero-order chi connectivity index (χ0) is 12.8. The van der Waals surface area contributed by atoms with Crippen LogP contribution in [0.25, 0.3) is 0 Å². The van der Waals surface area contributed by atoms with Crippen LogP contribution in [-0.2, 0) is 4.79 Å². The van der Waals surface area contributed by atoms with E-state index in [-0.39, 0.29) is 5.91 Å². The molecule has 1 amide bonds. The third-order valence-corrected chi connectivity index (χ3v) is 3.57. The van der Waals surface area contributed by atoms with E-state index in [2.05, 4.69) is 41.0 Å². The number of carbonyl (C=O) groups is 1. The van der Waals surface area contributed by atoms with E-state index in [1.54, 1.807) is 0 Å². The summed E-state index contributed by atoms with van der Waals surface area (Å²) < 4.78 is 0. The van der Waals surface area contributed by atoms with E-state index in [1.165, 1.54) is 18.4 Å². The molecule has 0 atom stereocenters. The molecule has 1 aromatic carbocycles. The van der Waals surface area contributed by atoms with Crippen LogP contribution < -0.4 is 10.6 Å². The quantitative estimate of drug-likeness (QED) is 0.806. The standard InChI is InChI=1S/C15H22N2O/c1-2-16-15(18)8-9-17-14-10-13(11-14)12-6-4-3-5-7-12/h3-7,13-14,17H,2,8-11H2,1H3,(H,16,18). The van der Waals surface area contributed by atoms with Crippen LogP contribution in [0.1, 0.15) is 37.7 Å². The Kier molecular flexibility index (Phi) is 4.76. The van der Waals surface area contributed by atoms with Gasteiger partial charge in [0, 0.05) is 25.6 Å². The fourth-order valence-corrected chi connectivity index (χ4v) is 2.46. The monoisotopic (exact) mass is 246 g/mol. The summed E-state index contributed by atoms with van der Waals surface area (Å²) in [5.41, 5.74) is 1.44. The Morgan fingerprint density at radius 1 is 1.28 bits per heavy atom. The van der Waals surface area contributed by atoms with Crippen LogP contribution in [0, 0.1) is 0 Å². The molecular weight excluding hydrogens is 224 g/mol. The zero-order valence-corrected chi connectivity index (χ0v) is 11.0. The topological polar surface area (TPSA) is 41.1 Å². The zero-order valence-electron chi connectivity index (χ0n) is 11.0. The van der Waals surface area contributed by atoms with Crippen LogP contribution in [0.3, 0.4) is 0 Å². The van der Waals surface area contributed by atoms with Gasteiger partial charge in [0.15, 0.2) is 0 Å². The minimum Gasteiger partial charge on any atom is -0.356 e. The molecule has 1 aliphatic rings. The highest BCUT2D eigenvalue weighted by atomic mass is 16.1. The molecule has 0 aromatic heterocycles. The number of nitrogens with one attached hydrogen (secondary N) is 2. The molecule has 1 saturated carbocycles. The Balaban J connectivity index is 1.61. The van der Waals surface area contributed by atoms with E-state index >= 15 is 0 Å². The van der Waals surface area contributed by atoms with Gasteiger partial charge in [-0.15, -0.1) is 0 Å². The lowest BCUT2D eigenvalue weighted by atomic mass is 9.76. The summed E-state index contributed by atoms with van der Waals surface area (Å²) >= 11 is 0. The Bertz CT molecular complexity index is 371. The predicted octanol–water partition coefficient (Wildman–Crippen LogP) is 2.05. The molecule has 3 heteroatoms. The molecule has 0 radical (unpaired) electrons. The molecule has 1 fully saturated rings. The fraction of sp³-hybridized carbons (Fsp3) is 0.533. The van der Waals surface area contributed by atoms with E-state index in [9.17, 15) is 4.79 Å². The second kappa shape index (κ2) is 6.55. The van der Waals surface area contributed by atoms with E-state index < -0.39 is 0 Å². The van der Waals surface area contributed by atoms with Crippen LogP contribution in [0.2, 0.25) is 0 Å². The SMILES string of the molecule is CCNC(=O)CCNC1CC(c2ccccc2)C1. The van der Waals surface area contributed by atoms with Crippen molar-refractivity contribution in [3.8, 4) is 0 Å². The average molecular weight is 246 g/mol. The van der Waals surface area contributed by atoms with Crippen LogP contribution >= 0.6 is 0 Å². The second-order valence-electron chi connectivity index (χ2n) is 4.93. The molecule has 0 saturated heterocycles. The Hall–Kier alpha value is -1.35. The first-order valence-corrected chi connectivity index (χ1v) is 6.84. The van der Waals surface area contributed by atoms with Gasteiger partial charge in [-0.1, -0.05) is 30.3 Å². The van der Waals surface area contributed by atoms with Crippen molar-refractivity contribution in [1.29, 1.82) is 0 Å². The molecule has 0 spiro atoms. The van der Waals surface area contributed by atoms with Gasteiger partial charge in [0.2, 0.25) is 5.91 Å². The minimum absolute atomic E-state index is 0.143. The summed E-state index contributed by atoms with van der Waals surface area (Å²) in [6, 6.07) is 11.3. The molecule has 2 rings (SSSR count). The molecule has 2 N–H and O–H groups in total. The van der Waals surface area contributed by atoms with Gasteiger partial charge in [0.05, 0.1) is 0 Å². The molecule has 18 heavy (non-hydrogen) atoms. The predicted molar refractivity (Wildman–Crippen MR) is 73.5 cm³/mol. The fourth-order valence-electron chi connectivity index (χ4n) is 2.46. The summed E-state index contributed by atoms with van der Waals surface area (Å²) in [6.07, 6.45) is 2.97. The summed E-state index contributed by atoms with van der Waals surface area (Å²) in [5.74, 6) is 0.845. The van der Waals surface area contributed by atoms with Gasteiger partial charge in [-0.05, 0) is 31.2 Å². The second-order valence-corrected chi connectivity index (χ2v) is 4.93. The first-order chi connectivity index (χ1) is 8.79. The molecule has 0 bridgehead atoms. The van der Waals surface area contributed by atoms with Gasteiger partial charge in [0.25, 0.3) is 0 Å². The Morgan fingerprint density at radius 2 is 2.00 bits per heavy atom. The number of rotatable bonds is 6. The molecule has 0 unspecified atom stereocenters. The highest BCUT2D eigenvalue weighted by Crippen LogP contribution is 2.36. The van der Waals surface area contributed by atoms with E-state index in [1.807, 2.05) is 6.92 Å². The van der Waals surface area contributed by atoms with Gasteiger partial charge in [-0.2, -0.15) is 0 Å². The summed E-state index contributed by atoms with van der Waals surface area (Å²) in [6.45, 7) is 3.46. The van der Waals surface area contributed by atoms with E-state index in [0.29, 0.717) is 18.4 Å². The number of carbonyl (C=O) groups excluding carboxylic acids is 1. The van der Waals surface area contributed by atoms with Crippen LogP contribution in [-0.4, -0.2) is 25.0 Å². The van der Waals surface area contributed by atoms with E-state index in [0.717, 1.165) is 13.1 Å². The maximum atomic E-state index is 11.3. The maximum Gasteiger partial charge on any atom is 0.221 e. The Morgan fingerprint density at radius 3 is 2.67 bits per heavy atom. The number of benzene rings is 1. The van der Waals surface area contributed by atoms with Crippen molar-refractivity contribution >= 4 is 5.91 Å². The van der Waals surface area contributed by atoms with Gasteiger partial charge in [0.1, 0.15) is 0 Å². The molecular formula is C15H22N2O. The molecule has 0 aliphatic heterocycles. The smallest absolute Gasteiger partial charge is 0.221 e. The molecule has 1 aliphatic carbocycles. The summed E-state index contributed by atoms with van der Waals surface area (Å²) in [5, 5.41) is 6.26. The van der Waals surface area contributed by atoms with Crippen LogP contribution in [0.5, 0.6) is 0 Å². The minimum atomic E-state index is 0.143. The Labute approximate surface area is 109 Å². The maximum absolute atomic E-state index is 11.3. The third-order valence-electron chi connectivity index (χ3n) is 3.57. The average Bonchev–Trinajstić information content (AvgIpc) is 2.33. The number of amides is 1. The van der Waals surface area contributed by atoms with Gasteiger partial charge in [-0.25, -0.2) is 0 Å². The van der Waals surface area contributed by atoms with Crippen molar-refractivity contribution in [2.45, 2.75) is 38.1 Å². The van der Waals surface area contributed by atoms with Gasteiger partial charge in [-0.3, -0.25) is 4.79 Å². The number of hydrogen-bond acceptors (Lipinski definition) is 2. The summed E-state index contributed by atoms with van der Waals surface area (Å²) in [4.78, 5) is 11.3. The third kappa shape index (κ3) is 3.57. The van der Waals surface area contributed by atoms with Crippen molar-refractivity contribution in [3.63, 3.8) is 0 Å². The normalized spacial score (nSPS) is 22.3. The van der Waals surface area contributed by atoms with Crippen molar-refractivity contribution in [2.24, 2.45) is 0 Å². The van der Waals surface area contributed by atoms with Gasteiger partial charge < -0.3 is 10.6 Å². The first-order valence-electron chi connectivity index (χ1n) is 6.84. The summed E-state index contributed by atoms with van der Waals surface area (Å²) in [7, 11) is 0. The molecule has 3 nitrogen and oxygen atoms in total. The lowest BCUT2D eigenvalue weighted by molar-refractivity contribution is -0.120. The molecule has 0 heterocycles. The molecule has 98 valence electrons. The largest absolute Gasteiger partial charge is 0.356 e. The highest BCUT2D eigenvalue weighted by Gasteiger charge is 2.29. The lowest BCUT2D eigenvalue weighted by Crippen LogP contribution is -2.41. The molecule has 1 aromatic rings. The van der Waals surface area contributed by atoms with Gasteiger partial charge >= 0.3 is 0 Å². The van der Waals surface area contributed by atoms with Crippen LogP contribution in [0.4, 0.5) is 0 Å². The first kappa shape index (κ1) is 13.1. The van der Waals surface area contributed by atoms with Crippen molar-refractivity contribution in [3.05, 3.63) is 35.9 Å². The lowest BCUT2D eigenvalue weighted by Gasteiger charge is -2.36.